The van der Waals surface area contributed by atoms with E-state index in [0.29, 0.717) is 0 Å². The summed E-state index contributed by atoms with van der Waals surface area (Å²) < 4.78 is 0. The lowest BCUT2D eigenvalue weighted by atomic mass is 9.81. The van der Waals surface area contributed by atoms with Crippen molar-refractivity contribution in [3.8, 4) is 11.5 Å². The third kappa shape index (κ3) is 2.61. The number of carboxylic acids is 1. The van der Waals surface area contributed by atoms with Crippen molar-refractivity contribution < 1.29 is 20.1 Å². The maximum atomic E-state index is 12.1. The minimum atomic E-state index is -1.80. The molecule has 0 aliphatic heterocycles. The molecule has 22 heavy (non-hydrogen) atoms. The first kappa shape index (κ1) is 15.8. The number of hydrogen-bond donors (Lipinski definition) is 5. The second-order valence-corrected chi connectivity index (χ2v) is 4.80. The first-order valence-electron chi connectivity index (χ1n) is 6.79. The van der Waals surface area contributed by atoms with Crippen molar-refractivity contribution in [2.75, 3.05) is 13.1 Å². The Morgan fingerprint density at radius 2 is 1.45 bits per heavy atom. The van der Waals surface area contributed by atoms with Crippen molar-refractivity contribution >= 4 is 5.97 Å². The van der Waals surface area contributed by atoms with Crippen LogP contribution in [0.4, 0.5) is 0 Å². The van der Waals surface area contributed by atoms with Crippen molar-refractivity contribution in [3.05, 3.63) is 59.7 Å². The minimum absolute atomic E-state index is 0.137. The van der Waals surface area contributed by atoms with Gasteiger partial charge in [-0.15, -0.1) is 0 Å². The van der Waals surface area contributed by atoms with Gasteiger partial charge in [-0.3, -0.25) is 5.32 Å². The maximum Gasteiger partial charge on any atom is 0.333 e. The molecular weight excluding hydrogens is 284 g/mol. The van der Waals surface area contributed by atoms with Crippen LogP contribution < -0.4 is 11.1 Å². The maximum absolute atomic E-state index is 12.1. The van der Waals surface area contributed by atoms with E-state index in [1.54, 1.807) is 24.3 Å². The quantitative estimate of drug-likeness (QED) is 0.543. The second-order valence-electron chi connectivity index (χ2n) is 4.80. The standard InChI is InChI=1S/C16H18N2O4/c17-9-10-18-16(15(21)22,11-5-1-3-7-13(11)19)12-6-2-4-8-14(12)20/h1-8,18-20H,9-10,17H2,(H,21,22). The highest BCUT2D eigenvalue weighted by molar-refractivity contribution is 5.87. The molecule has 0 bridgehead atoms. The molecule has 0 atom stereocenters. The zero-order valence-electron chi connectivity index (χ0n) is 11.9. The summed E-state index contributed by atoms with van der Waals surface area (Å²) in [5.74, 6) is -1.61. The Morgan fingerprint density at radius 3 is 1.82 bits per heavy atom. The summed E-state index contributed by atoms with van der Waals surface area (Å²) in [5.41, 5.74) is 3.97. The number of para-hydroxylation sites is 2. The largest absolute Gasteiger partial charge is 0.508 e. The lowest BCUT2D eigenvalue weighted by molar-refractivity contribution is -0.143. The number of phenols is 2. The number of carbonyl (C=O) groups is 1. The average Bonchev–Trinajstić information content (AvgIpc) is 2.50. The Morgan fingerprint density at radius 1 is 1.00 bits per heavy atom. The van der Waals surface area contributed by atoms with E-state index in [4.69, 9.17) is 5.73 Å². The molecule has 0 fully saturated rings. The predicted molar refractivity (Wildman–Crippen MR) is 81.7 cm³/mol. The summed E-state index contributed by atoms with van der Waals surface area (Å²) in [6, 6.07) is 12.2. The summed E-state index contributed by atoms with van der Waals surface area (Å²) in [7, 11) is 0. The van der Waals surface area contributed by atoms with Gasteiger partial charge in [-0.05, 0) is 12.1 Å². The fraction of sp³-hybridized carbons (Fsp3) is 0.188. The van der Waals surface area contributed by atoms with Crippen LogP contribution in [-0.4, -0.2) is 34.4 Å². The molecular formula is C16H18N2O4. The van der Waals surface area contributed by atoms with E-state index in [9.17, 15) is 20.1 Å². The molecule has 0 radical (unpaired) electrons. The number of phenolic OH excluding ortho intramolecular Hbond substituents is 2. The smallest absolute Gasteiger partial charge is 0.333 e. The molecule has 0 saturated heterocycles. The van der Waals surface area contributed by atoms with Crippen molar-refractivity contribution in [2.24, 2.45) is 5.73 Å². The zero-order valence-corrected chi connectivity index (χ0v) is 11.9. The molecule has 0 aromatic heterocycles. The normalized spacial score (nSPS) is 11.3. The Labute approximate surface area is 127 Å². The number of benzene rings is 2. The summed E-state index contributed by atoms with van der Waals surface area (Å²) in [4.78, 5) is 12.1. The highest BCUT2D eigenvalue weighted by Crippen LogP contribution is 2.39. The number of rotatable bonds is 6. The molecule has 2 aromatic carbocycles. The number of hydrogen-bond acceptors (Lipinski definition) is 5. The first-order chi connectivity index (χ1) is 10.5. The molecule has 6 nitrogen and oxygen atoms in total. The van der Waals surface area contributed by atoms with Crippen LogP contribution >= 0.6 is 0 Å². The van der Waals surface area contributed by atoms with Gasteiger partial charge in [-0.2, -0.15) is 0 Å². The van der Waals surface area contributed by atoms with Gasteiger partial charge in [-0.25, -0.2) is 4.79 Å². The van der Waals surface area contributed by atoms with Crippen molar-refractivity contribution in [1.82, 2.24) is 5.32 Å². The monoisotopic (exact) mass is 302 g/mol. The Hall–Kier alpha value is -2.57. The Kier molecular flexibility index (Phi) is 4.65. The molecule has 6 heteroatoms. The zero-order chi connectivity index (χ0) is 16.2. The fourth-order valence-electron chi connectivity index (χ4n) is 2.48. The highest BCUT2D eigenvalue weighted by atomic mass is 16.4. The molecule has 2 rings (SSSR count). The lowest BCUT2D eigenvalue weighted by Gasteiger charge is -2.32. The number of carboxylic acid groups (broad SMARTS) is 1. The van der Waals surface area contributed by atoms with Crippen LogP contribution in [0.2, 0.25) is 0 Å². The van der Waals surface area contributed by atoms with Gasteiger partial charge in [0.15, 0.2) is 5.54 Å². The van der Waals surface area contributed by atoms with Gasteiger partial charge >= 0.3 is 5.97 Å². The van der Waals surface area contributed by atoms with Crippen LogP contribution in [0.1, 0.15) is 11.1 Å². The van der Waals surface area contributed by atoms with Crippen LogP contribution in [0.25, 0.3) is 0 Å². The molecule has 0 unspecified atom stereocenters. The third-order valence-corrected chi connectivity index (χ3v) is 3.47. The van der Waals surface area contributed by atoms with Crippen LogP contribution in [0, 0.1) is 0 Å². The number of nitrogens with two attached hydrogens (primary N) is 1. The van der Waals surface area contributed by atoms with Gasteiger partial charge in [0.1, 0.15) is 11.5 Å². The van der Waals surface area contributed by atoms with Gasteiger partial charge in [0.25, 0.3) is 0 Å². The van der Waals surface area contributed by atoms with Gasteiger partial charge in [0, 0.05) is 24.2 Å². The van der Waals surface area contributed by atoms with Gasteiger partial charge in [0.2, 0.25) is 0 Å². The molecule has 0 aliphatic carbocycles. The van der Waals surface area contributed by atoms with Crippen LogP contribution in [0.15, 0.2) is 48.5 Å². The average molecular weight is 302 g/mol. The molecule has 0 spiro atoms. The Balaban J connectivity index is 2.75. The summed E-state index contributed by atoms with van der Waals surface area (Å²) >= 11 is 0. The molecule has 0 heterocycles. The number of aliphatic carboxylic acids is 1. The molecule has 0 amide bonds. The topological polar surface area (TPSA) is 116 Å². The van der Waals surface area contributed by atoms with Crippen LogP contribution in [-0.2, 0) is 10.3 Å². The third-order valence-electron chi connectivity index (χ3n) is 3.47. The van der Waals surface area contributed by atoms with E-state index in [-0.39, 0.29) is 35.7 Å². The highest BCUT2D eigenvalue weighted by Gasteiger charge is 2.45. The molecule has 6 N–H and O–H groups in total. The number of nitrogens with one attached hydrogen (secondary N) is 1. The predicted octanol–water partition coefficient (Wildman–Crippen LogP) is 0.974. The van der Waals surface area contributed by atoms with Gasteiger partial charge < -0.3 is 21.1 Å². The fourth-order valence-corrected chi connectivity index (χ4v) is 2.48. The molecule has 0 saturated carbocycles. The van der Waals surface area contributed by atoms with E-state index < -0.39 is 11.5 Å². The molecule has 116 valence electrons. The van der Waals surface area contributed by atoms with E-state index in [2.05, 4.69) is 5.32 Å². The minimum Gasteiger partial charge on any atom is -0.508 e. The summed E-state index contributed by atoms with van der Waals surface area (Å²) in [6.07, 6.45) is 0. The number of aromatic hydroxyl groups is 2. The van der Waals surface area contributed by atoms with E-state index >= 15 is 0 Å². The Bertz CT molecular complexity index is 627. The van der Waals surface area contributed by atoms with Gasteiger partial charge in [-0.1, -0.05) is 36.4 Å². The van der Waals surface area contributed by atoms with Crippen molar-refractivity contribution in [2.45, 2.75) is 5.54 Å². The SMILES string of the molecule is NCCNC(C(=O)O)(c1ccccc1O)c1ccccc1O. The summed E-state index contributed by atoms with van der Waals surface area (Å²) in [6.45, 7) is 0.394. The summed E-state index contributed by atoms with van der Waals surface area (Å²) in [5, 5.41) is 33.0. The first-order valence-corrected chi connectivity index (χ1v) is 6.79. The lowest BCUT2D eigenvalue weighted by Crippen LogP contribution is -2.51. The van der Waals surface area contributed by atoms with Crippen molar-refractivity contribution in [3.63, 3.8) is 0 Å². The van der Waals surface area contributed by atoms with Crippen LogP contribution in [0.3, 0.4) is 0 Å². The molecule has 0 aliphatic rings. The van der Waals surface area contributed by atoms with Crippen LogP contribution in [0.5, 0.6) is 11.5 Å². The van der Waals surface area contributed by atoms with E-state index in [0.717, 1.165) is 0 Å². The molecule has 2 aromatic rings. The van der Waals surface area contributed by atoms with E-state index in [1.807, 2.05) is 0 Å². The van der Waals surface area contributed by atoms with E-state index in [1.165, 1.54) is 24.3 Å². The second kappa shape index (κ2) is 6.46. The van der Waals surface area contributed by atoms with Crippen molar-refractivity contribution in [1.29, 1.82) is 0 Å². The van der Waals surface area contributed by atoms with Gasteiger partial charge in [0.05, 0.1) is 0 Å².